The first kappa shape index (κ1) is 23.7. The topological polar surface area (TPSA) is 108 Å². The van der Waals surface area contributed by atoms with Crippen molar-refractivity contribution in [2.24, 2.45) is 5.73 Å². The Labute approximate surface area is 176 Å². The molecule has 1 aliphatic carbocycles. The zero-order valence-corrected chi connectivity index (χ0v) is 18.5. The van der Waals surface area contributed by atoms with Crippen LogP contribution in [0.5, 0.6) is 0 Å². The number of unbranched alkanes of at least 4 members (excludes halogenated alkanes) is 3. The molecule has 2 aliphatic rings. The molecule has 1 heterocycles. The Balaban J connectivity index is 1.57. The molecule has 1 aliphatic heterocycles. The lowest BCUT2D eigenvalue weighted by Gasteiger charge is -2.33. The standard InChI is InChI=1S/C19H33N3O4S2/c1-13(27-2)9-18(24)22(26)8-6-4-3-5-7-21-17(23)12-16(19(21)25)28-15-10-14(20)11-15/h13-16,22H,3-12,20H2,1-2H3. The van der Waals surface area contributed by atoms with E-state index in [1.807, 2.05) is 13.2 Å². The molecule has 0 radical (unpaired) electrons. The Morgan fingerprint density at radius 1 is 1.29 bits per heavy atom. The van der Waals surface area contributed by atoms with Gasteiger partial charge in [-0.2, -0.15) is 11.8 Å². The van der Waals surface area contributed by atoms with Gasteiger partial charge in [-0.25, -0.2) is 4.79 Å². The van der Waals surface area contributed by atoms with Crippen LogP contribution in [0.4, 0.5) is 0 Å². The molecule has 1 saturated carbocycles. The van der Waals surface area contributed by atoms with E-state index in [1.54, 1.807) is 23.5 Å². The van der Waals surface area contributed by atoms with Crippen LogP contribution in [-0.4, -0.2) is 63.8 Å². The molecule has 2 fully saturated rings. The smallest absolute Gasteiger partial charge is 0.313 e. The van der Waals surface area contributed by atoms with Crippen molar-refractivity contribution >= 4 is 41.2 Å². The Kier molecular flexibility index (Phi) is 9.76. The number of carbonyl (C=O) groups is 3. The first-order chi connectivity index (χ1) is 13.3. The van der Waals surface area contributed by atoms with Gasteiger partial charge in [0.05, 0.1) is 18.2 Å². The summed E-state index contributed by atoms with van der Waals surface area (Å²) in [6, 6.07) is 0.247. The van der Waals surface area contributed by atoms with Gasteiger partial charge in [0.25, 0.3) is 0 Å². The van der Waals surface area contributed by atoms with Gasteiger partial charge in [-0.3, -0.25) is 14.5 Å². The number of hydrogen-bond donors (Lipinski definition) is 2. The highest BCUT2D eigenvalue weighted by Crippen LogP contribution is 2.37. The highest BCUT2D eigenvalue weighted by molar-refractivity contribution is 8.01. The number of nitrogens with two attached hydrogens (primary N) is 1. The fourth-order valence-corrected chi connectivity index (χ4v) is 5.43. The Morgan fingerprint density at radius 3 is 2.61 bits per heavy atom. The molecule has 0 spiro atoms. The SMILES string of the molecule is CSC(C)CC(=O)[NH+]([O-])CCCCCCN1C(=O)CC(SC2CC(N)C2)C1=O. The van der Waals surface area contributed by atoms with E-state index < -0.39 is 0 Å². The van der Waals surface area contributed by atoms with Crippen molar-refractivity contribution in [3.8, 4) is 0 Å². The van der Waals surface area contributed by atoms with Crippen LogP contribution in [0.2, 0.25) is 0 Å². The number of quaternary nitrogens is 1. The Bertz CT molecular complexity index is 557. The molecular weight excluding hydrogens is 398 g/mol. The van der Waals surface area contributed by atoms with Crippen molar-refractivity contribution in [1.29, 1.82) is 0 Å². The quantitative estimate of drug-likeness (QED) is 0.269. The number of nitrogens with one attached hydrogen (secondary N) is 1. The van der Waals surface area contributed by atoms with Gasteiger partial charge < -0.3 is 16.0 Å². The summed E-state index contributed by atoms with van der Waals surface area (Å²) in [4.78, 5) is 37.7. The van der Waals surface area contributed by atoms with Gasteiger partial charge >= 0.3 is 5.91 Å². The summed E-state index contributed by atoms with van der Waals surface area (Å²) in [7, 11) is 0. The van der Waals surface area contributed by atoms with Crippen LogP contribution in [-0.2, 0) is 14.4 Å². The van der Waals surface area contributed by atoms with Crippen LogP contribution in [0.15, 0.2) is 0 Å². The number of likely N-dealkylation sites (tertiary alicyclic amines) is 1. The average Bonchev–Trinajstić information content (AvgIpc) is 2.89. The van der Waals surface area contributed by atoms with Crippen molar-refractivity contribution in [1.82, 2.24) is 4.90 Å². The van der Waals surface area contributed by atoms with Crippen molar-refractivity contribution in [3.05, 3.63) is 5.21 Å². The second kappa shape index (κ2) is 11.5. The van der Waals surface area contributed by atoms with E-state index in [0.29, 0.717) is 37.6 Å². The highest BCUT2D eigenvalue weighted by Gasteiger charge is 2.41. The minimum atomic E-state index is -0.277. The number of hydroxylamine groups is 2. The van der Waals surface area contributed by atoms with Gasteiger partial charge in [0, 0.05) is 29.5 Å². The maximum Gasteiger partial charge on any atom is 0.313 e. The molecule has 9 heteroatoms. The van der Waals surface area contributed by atoms with Gasteiger partial charge in [0.2, 0.25) is 11.8 Å². The van der Waals surface area contributed by atoms with Crippen molar-refractivity contribution in [3.63, 3.8) is 0 Å². The molecule has 3 N–H and O–H groups in total. The van der Waals surface area contributed by atoms with Gasteiger partial charge in [0.1, 0.15) is 0 Å². The van der Waals surface area contributed by atoms with E-state index in [2.05, 4.69) is 0 Å². The van der Waals surface area contributed by atoms with Crippen LogP contribution in [0.1, 0.15) is 58.3 Å². The number of rotatable bonds is 12. The van der Waals surface area contributed by atoms with E-state index >= 15 is 0 Å². The van der Waals surface area contributed by atoms with Gasteiger partial charge in [0.15, 0.2) is 0 Å². The van der Waals surface area contributed by atoms with Crippen molar-refractivity contribution < 1.29 is 19.4 Å². The largest absolute Gasteiger partial charge is 0.627 e. The fourth-order valence-electron chi connectivity index (χ4n) is 3.45. The third-order valence-corrected chi connectivity index (χ3v) is 7.85. The fraction of sp³-hybridized carbons (Fsp3) is 0.842. The minimum absolute atomic E-state index is 0.0563. The normalized spacial score (nSPS) is 27.0. The molecule has 1 saturated heterocycles. The summed E-state index contributed by atoms with van der Waals surface area (Å²) in [5, 5.41) is 11.9. The number of hydrogen-bond acceptors (Lipinski definition) is 7. The van der Waals surface area contributed by atoms with Crippen LogP contribution >= 0.6 is 23.5 Å². The third kappa shape index (κ3) is 7.02. The second-order valence-corrected chi connectivity index (χ2v) is 10.6. The molecule has 0 aromatic heterocycles. The predicted molar refractivity (Wildman–Crippen MR) is 114 cm³/mol. The summed E-state index contributed by atoms with van der Waals surface area (Å²) in [6.07, 6.45) is 7.50. The van der Waals surface area contributed by atoms with Crippen molar-refractivity contribution in [2.75, 3.05) is 19.3 Å². The first-order valence-electron chi connectivity index (χ1n) is 10.2. The summed E-state index contributed by atoms with van der Waals surface area (Å²) < 4.78 is 0. The Morgan fingerprint density at radius 2 is 1.96 bits per heavy atom. The van der Waals surface area contributed by atoms with Crippen LogP contribution < -0.4 is 10.8 Å². The molecule has 28 heavy (non-hydrogen) atoms. The molecule has 2 rings (SSSR count). The number of amides is 3. The summed E-state index contributed by atoms with van der Waals surface area (Å²) in [5.41, 5.74) is 5.78. The summed E-state index contributed by atoms with van der Waals surface area (Å²) in [5.74, 6) is -0.403. The molecule has 0 aromatic rings. The average molecular weight is 432 g/mol. The monoisotopic (exact) mass is 431 g/mol. The number of imide groups is 1. The molecule has 3 unspecified atom stereocenters. The molecule has 3 atom stereocenters. The lowest BCUT2D eigenvalue weighted by atomic mass is 9.93. The minimum Gasteiger partial charge on any atom is -0.627 e. The second-order valence-electron chi connectivity index (χ2n) is 7.83. The molecule has 0 aromatic carbocycles. The highest BCUT2D eigenvalue weighted by atomic mass is 32.2. The summed E-state index contributed by atoms with van der Waals surface area (Å²) in [6.45, 7) is 2.70. The third-order valence-electron chi connectivity index (χ3n) is 5.41. The number of carbonyl (C=O) groups excluding carboxylic acids is 3. The van der Waals surface area contributed by atoms with Crippen LogP contribution in [0.3, 0.4) is 0 Å². The maximum atomic E-state index is 12.4. The molecule has 7 nitrogen and oxygen atoms in total. The zero-order valence-electron chi connectivity index (χ0n) is 16.9. The lowest BCUT2D eigenvalue weighted by molar-refractivity contribution is -0.765. The van der Waals surface area contributed by atoms with Gasteiger partial charge in [-0.15, -0.1) is 11.8 Å². The number of thioether (sulfide) groups is 2. The molecule has 3 amide bonds. The Hall–Kier alpha value is -0.610. The van der Waals surface area contributed by atoms with E-state index in [1.165, 1.54) is 4.90 Å². The van der Waals surface area contributed by atoms with E-state index in [-0.39, 0.29) is 39.3 Å². The molecule has 160 valence electrons. The van der Waals surface area contributed by atoms with E-state index in [0.717, 1.165) is 32.1 Å². The molecule has 0 bridgehead atoms. The van der Waals surface area contributed by atoms with Crippen molar-refractivity contribution in [2.45, 2.75) is 80.1 Å². The van der Waals surface area contributed by atoms with Gasteiger partial charge in [-0.05, 0) is 38.4 Å². The van der Waals surface area contributed by atoms with Crippen LogP contribution in [0, 0.1) is 5.21 Å². The van der Waals surface area contributed by atoms with Crippen LogP contribution in [0.25, 0.3) is 0 Å². The zero-order chi connectivity index (χ0) is 20.7. The lowest BCUT2D eigenvalue weighted by Crippen LogP contribution is -3.10. The van der Waals surface area contributed by atoms with Gasteiger partial charge in [-0.1, -0.05) is 13.3 Å². The predicted octanol–water partition coefficient (Wildman–Crippen LogP) is 0.948. The van der Waals surface area contributed by atoms with E-state index in [4.69, 9.17) is 5.73 Å². The molecular formula is C19H33N3O4S2. The maximum absolute atomic E-state index is 12.4. The summed E-state index contributed by atoms with van der Waals surface area (Å²) >= 11 is 3.19. The first-order valence-corrected chi connectivity index (χ1v) is 12.4. The number of nitrogens with zero attached hydrogens (tertiary/aromatic N) is 1. The van der Waals surface area contributed by atoms with E-state index in [9.17, 15) is 19.6 Å².